The van der Waals surface area contributed by atoms with Gasteiger partial charge < -0.3 is 5.32 Å². The Morgan fingerprint density at radius 2 is 2.00 bits per heavy atom. The first kappa shape index (κ1) is 12.3. The second kappa shape index (κ2) is 5.97. The third-order valence-electron chi connectivity index (χ3n) is 2.17. The molecule has 1 aromatic heterocycles. The fraction of sp³-hybridized carbons (Fsp3) is 0.0833. The molecule has 5 nitrogen and oxygen atoms in total. The predicted molar refractivity (Wildman–Crippen MR) is 69.3 cm³/mol. The third-order valence-corrected chi connectivity index (χ3v) is 2.42. The van der Waals surface area contributed by atoms with Crippen molar-refractivity contribution in [3.8, 4) is 0 Å². The maximum atomic E-state index is 11.5. The van der Waals surface area contributed by atoms with E-state index in [1.807, 2.05) is 12.1 Å². The van der Waals surface area contributed by atoms with Gasteiger partial charge in [-0.3, -0.25) is 10.3 Å². The molecule has 2 N–H and O–H groups in total. The van der Waals surface area contributed by atoms with E-state index in [1.54, 1.807) is 12.1 Å². The van der Waals surface area contributed by atoms with E-state index in [1.165, 1.54) is 18.6 Å². The summed E-state index contributed by atoms with van der Waals surface area (Å²) in [5.74, 6) is 0.408. The monoisotopic (exact) mass is 262 g/mol. The minimum absolute atomic E-state index is 0.328. The molecular weight excluding hydrogens is 252 g/mol. The number of halogens is 1. The van der Waals surface area contributed by atoms with Crippen molar-refractivity contribution in [2.24, 2.45) is 0 Å². The number of nitrogens with one attached hydrogen (secondary N) is 2. The minimum atomic E-state index is -0.328. The Balaban J connectivity index is 1.83. The van der Waals surface area contributed by atoms with E-state index < -0.39 is 0 Å². The Bertz CT molecular complexity index is 515. The van der Waals surface area contributed by atoms with Crippen molar-refractivity contribution in [3.63, 3.8) is 0 Å². The molecule has 0 unspecified atom stereocenters. The van der Waals surface area contributed by atoms with Gasteiger partial charge in [0, 0.05) is 24.0 Å². The molecular formula is C12H11ClN4O. The molecule has 1 heterocycles. The van der Waals surface area contributed by atoms with Crippen LogP contribution in [0.3, 0.4) is 0 Å². The summed E-state index contributed by atoms with van der Waals surface area (Å²) in [7, 11) is 0. The van der Waals surface area contributed by atoms with Crippen molar-refractivity contribution in [1.29, 1.82) is 0 Å². The van der Waals surface area contributed by atoms with E-state index in [0.717, 1.165) is 5.56 Å². The summed E-state index contributed by atoms with van der Waals surface area (Å²) in [4.78, 5) is 19.3. The number of urea groups is 1. The lowest BCUT2D eigenvalue weighted by Crippen LogP contribution is -2.28. The van der Waals surface area contributed by atoms with Gasteiger partial charge in [0.05, 0.1) is 6.20 Å². The second-order valence-corrected chi connectivity index (χ2v) is 3.96. The number of benzene rings is 1. The number of carbonyl (C=O) groups is 1. The normalized spacial score (nSPS) is 9.83. The third kappa shape index (κ3) is 3.71. The molecule has 0 spiro atoms. The standard InChI is InChI=1S/C12H11ClN4O/c13-10-3-1-9(2-4-10)7-16-12(18)17-11-8-14-5-6-15-11/h1-6,8H,7H2,(H2,15,16,17,18). The van der Waals surface area contributed by atoms with Crippen LogP contribution in [0.25, 0.3) is 0 Å². The summed E-state index contributed by atoms with van der Waals surface area (Å²) < 4.78 is 0. The molecule has 2 amide bonds. The van der Waals surface area contributed by atoms with Gasteiger partial charge in [-0.2, -0.15) is 0 Å². The number of aromatic nitrogens is 2. The van der Waals surface area contributed by atoms with Crippen molar-refractivity contribution in [2.45, 2.75) is 6.54 Å². The van der Waals surface area contributed by atoms with Crippen molar-refractivity contribution >= 4 is 23.4 Å². The molecule has 2 rings (SSSR count). The van der Waals surface area contributed by atoms with Crippen molar-refractivity contribution < 1.29 is 4.79 Å². The Labute approximate surface area is 109 Å². The lowest BCUT2D eigenvalue weighted by atomic mass is 10.2. The number of anilines is 1. The SMILES string of the molecule is O=C(NCc1ccc(Cl)cc1)Nc1cnccn1. The maximum absolute atomic E-state index is 11.5. The molecule has 0 fully saturated rings. The van der Waals surface area contributed by atoms with Crippen LogP contribution in [0, 0.1) is 0 Å². The summed E-state index contributed by atoms with van der Waals surface area (Å²) in [5, 5.41) is 5.95. The molecule has 0 saturated carbocycles. The maximum Gasteiger partial charge on any atom is 0.320 e. The highest BCUT2D eigenvalue weighted by Crippen LogP contribution is 2.09. The molecule has 2 aromatic rings. The number of nitrogens with zero attached hydrogens (tertiary/aromatic N) is 2. The van der Waals surface area contributed by atoms with Crippen LogP contribution >= 0.6 is 11.6 Å². The highest BCUT2D eigenvalue weighted by atomic mass is 35.5. The van der Waals surface area contributed by atoms with Gasteiger partial charge >= 0.3 is 6.03 Å². The number of hydrogen-bond donors (Lipinski definition) is 2. The summed E-state index contributed by atoms with van der Waals surface area (Å²) in [6.07, 6.45) is 4.52. The van der Waals surface area contributed by atoms with Crippen molar-refractivity contribution in [1.82, 2.24) is 15.3 Å². The van der Waals surface area contributed by atoms with Gasteiger partial charge in [-0.05, 0) is 17.7 Å². The van der Waals surface area contributed by atoms with Gasteiger partial charge in [0.1, 0.15) is 0 Å². The fourth-order valence-corrected chi connectivity index (χ4v) is 1.43. The summed E-state index contributed by atoms with van der Waals surface area (Å²) in [6.45, 7) is 0.420. The van der Waals surface area contributed by atoms with Crippen LogP contribution in [0.2, 0.25) is 5.02 Å². The Kier molecular flexibility index (Phi) is 4.09. The molecule has 18 heavy (non-hydrogen) atoms. The minimum Gasteiger partial charge on any atom is -0.334 e. The van der Waals surface area contributed by atoms with E-state index >= 15 is 0 Å². The number of hydrogen-bond acceptors (Lipinski definition) is 3. The van der Waals surface area contributed by atoms with Gasteiger partial charge in [-0.15, -0.1) is 0 Å². The largest absolute Gasteiger partial charge is 0.334 e. The number of carbonyl (C=O) groups excluding carboxylic acids is 1. The Hall–Kier alpha value is -2.14. The lowest BCUT2D eigenvalue weighted by molar-refractivity contribution is 0.251. The molecule has 6 heteroatoms. The average molecular weight is 263 g/mol. The van der Waals surface area contributed by atoms with E-state index in [4.69, 9.17) is 11.6 Å². The van der Waals surface area contributed by atoms with E-state index in [9.17, 15) is 4.79 Å². The highest BCUT2D eigenvalue weighted by molar-refractivity contribution is 6.30. The molecule has 0 aliphatic carbocycles. The molecule has 0 saturated heterocycles. The first-order valence-electron chi connectivity index (χ1n) is 5.29. The zero-order chi connectivity index (χ0) is 12.8. The molecule has 1 aromatic carbocycles. The molecule has 0 aliphatic heterocycles. The summed E-state index contributed by atoms with van der Waals surface area (Å²) in [6, 6.07) is 6.93. The van der Waals surface area contributed by atoms with Crippen LogP contribution in [0.1, 0.15) is 5.56 Å². The molecule has 0 atom stereocenters. The quantitative estimate of drug-likeness (QED) is 0.893. The van der Waals surface area contributed by atoms with Gasteiger partial charge in [-0.25, -0.2) is 9.78 Å². The van der Waals surface area contributed by atoms with Gasteiger partial charge in [0.25, 0.3) is 0 Å². The van der Waals surface area contributed by atoms with Crippen LogP contribution in [0.4, 0.5) is 10.6 Å². The molecule has 92 valence electrons. The number of amides is 2. The van der Waals surface area contributed by atoms with Crippen molar-refractivity contribution in [3.05, 3.63) is 53.4 Å². The second-order valence-electron chi connectivity index (χ2n) is 3.52. The molecule has 0 aliphatic rings. The van der Waals surface area contributed by atoms with Crippen LogP contribution in [0.5, 0.6) is 0 Å². The first-order valence-corrected chi connectivity index (χ1v) is 5.67. The lowest BCUT2D eigenvalue weighted by Gasteiger charge is -2.06. The van der Waals surface area contributed by atoms with E-state index in [0.29, 0.717) is 17.4 Å². The summed E-state index contributed by atoms with van der Waals surface area (Å²) >= 11 is 5.77. The van der Waals surface area contributed by atoms with Crippen LogP contribution in [-0.2, 0) is 6.54 Å². The Morgan fingerprint density at radius 1 is 1.22 bits per heavy atom. The van der Waals surface area contributed by atoms with Crippen LogP contribution in [-0.4, -0.2) is 16.0 Å². The van der Waals surface area contributed by atoms with Gasteiger partial charge in [0.15, 0.2) is 5.82 Å². The predicted octanol–water partition coefficient (Wildman–Crippen LogP) is 2.45. The average Bonchev–Trinajstić information content (AvgIpc) is 2.39. The van der Waals surface area contributed by atoms with E-state index in [-0.39, 0.29) is 6.03 Å². The highest BCUT2D eigenvalue weighted by Gasteiger charge is 2.02. The first-order chi connectivity index (χ1) is 8.74. The zero-order valence-corrected chi connectivity index (χ0v) is 10.2. The van der Waals surface area contributed by atoms with Gasteiger partial charge in [0.2, 0.25) is 0 Å². The summed E-state index contributed by atoms with van der Waals surface area (Å²) in [5.41, 5.74) is 0.966. The smallest absolute Gasteiger partial charge is 0.320 e. The zero-order valence-electron chi connectivity index (χ0n) is 9.43. The Morgan fingerprint density at radius 3 is 2.67 bits per heavy atom. The molecule has 0 bridgehead atoms. The fourth-order valence-electron chi connectivity index (χ4n) is 1.31. The molecule has 0 radical (unpaired) electrons. The van der Waals surface area contributed by atoms with Gasteiger partial charge in [-0.1, -0.05) is 23.7 Å². The van der Waals surface area contributed by atoms with Crippen molar-refractivity contribution in [2.75, 3.05) is 5.32 Å². The van der Waals surface area contributed by atoms with Crippen LogP contribution in [0.15, 0.2) is 42.9 Å². The topological polar surface area (TPSA) is 66.9 Å². The van der Waals surface area contributed by atoms with Crippen LogP contribution < -0.4 is 10.6 Å². The van der Waals surface area contributed by atoms with E-state index in [2.05, 4.69) is 20.6 Å². The number of rotatable bonds is 3.